The number of benzene rings is 1. The predicted octanol–water partition coefficient (Wildman–Crippen LogP) is 4.62. The number of ether oxygens (including phenoxy) is 1. The first-order valence-electron chi connectivity index (χ1n) is 11.9. The summed E-state index contributed by atoms with van der Waals surface area (Å²) in [6.07, 6.45) is 8.15. The van der Waals surface area contributed by atoms with Gasteiger partial charge >= 0.3 is 6.09 Å². The van der Waals surface area contributed by atoms with Gasteiger partial charge in [0.05, 0.1) is 55.2 Å². The van der Waals surface area contributed by atoms with Crippen LogP contribution in [0.4, 0.5) is 16.3 Å². The Kier molecular flexibility index (Phi) is 5.52. The van der Waals surface area contributed by atoms with Crippen LogP contribution in [-0.2, 0) is 16.7 Å². The maximum atomic E-state index is 12.9. The van der Waals surface area contributed by atoms with Crippen molar-refractivity contribution in [1.82, 2.24) is 19.5 Å². The number of aliphatic hydroxyl groups excluding tert-OH is 1. The van der Waals surface area contributed by atoms with Gasteiger partial charge in [0, 0.05) is 12.0 Å². The summed E-state index contributed by atoms with van der Waals surface area (Å²) in [6, 6.07) is 5.56. The van der Waals surface area contributed by atoms with E-state index in [-0.39, 0.29) is 12.0 Å². The summed E-state index contributed by atoms with van der Waals surface area (Å²) in [5.41, 5.74) is 1.91. The smallest absolute Gasteiger partial charge is 0.416 e. The van der Waals surface area contributed by atoms with E-state index in [4.69, 9.17) is 11.3 Å². The van der Waals surface area contributed by atoms with Crippen LogP contribution in [0.2, 0.25) is 0 Å². The molecule has 3 heterocycles. The molecule has 0 unspecified atom stereocenters. The number of aliphatic hydroxyl groups is 1. The van der Waals surface area contributed by atoms with Crippen LogP contribution in [0, 0.1) is 12.0 Å². The van der Waals surface area contributed by atoms with Gasteiger partial charge in [-0.15, -0.1) is 0 Å². The number of amides is 1. The van der Waals surface area contributed by atoms with E-state index in [1.165, 1.54) is 0 Å². The Morgan fingerprint density at radius 3 is 2.77 bits per heavy atom. The fourth-order valence-corrected chi connectivity index (χ4v) is 5.49. The molecule has 1 aromatic carbocycles. The van der Waals surface area contributed by atoms with E-state index in [1.54, 1.807) is 23.4 Å². The summed E-state index contributed by atoms with van der Waals surface area (Å²) in [4.78, 5) is 31.5. The van der Waals surface area contributed by atoms with Gasteiger partial charge in [-0.25, -0.2) is 19.6 Å². The molecule has 5 rings (SSSR count). The minimum atomic E-state index is -0.577. The highest BCUT2D eigenvalue weighted by Gasteiger charge is 2.52. The summed E-state index contributed by atoms with van der Waals surface area (Å²) in [7, 11) is 0. The Morgan fingerprint density at radius 1 is 1.23 bits per heavy atom. The Labute approximate surface area is 204 Å². The number of fused-ring (bicyclic) bond motifs is 1. The number of rotatable bonds is 5. The minimum absolute atomic E-state index is 0.0418. The highest BCUT2D eigenvalue weighted by Crippen LogP contribution is 2.47. The molecule has 9 nitrogen and oxygen atoms in total. The van der Waals surface area contributed by atoms with Gasteiger partial charge in [-0.1, -0.05) is 26.8 Å². The second-order valence-electron chi connectivity index (χ2n) is 10.9. The number of carbonyl (C=O) groups is 1. The molecule has 1 saturated heterocycles. The van der Waals surface area contributed by atoms with Crippen LogP contribution in [0.1, 0.15) is 52.1 Å². The average molecular weight is 475 g/mol. The molecule has 2 aromatic heterocycles. The van der Waals surface area contributed by atoms with Gasteiger partial charge in [0.15, 0.2) is 11.5 Å². The van der Waals surface area contributed by atoms with Gasteiger partial charge in [-0.3, -0.25) is 9.88 Å². The second kappa shape index (κ2) is 8.31. The Bertz CT molecular complexity index is 1310. The van der Waals surface area contributed by atoms with E-state index in [0.717, 1.165) is 43.3 Å². The van der Waals surface area contributed by atoms with Gasteiger partial charge in [0.2, 0.25) is 0 Å². The molecule has 1 saturated carbocycles. The Hall–Kier alpha value is -3.51. The molecule has 35 heavy (non-hydrogen) atoms. The molecule has 2 aliphatic rings. The molecule has 1 aliphatic heterocycles. The molecule has 9 heteroatoms. The van der Waals surface area contributed by atoms with Crippen LogP contribution in [0.3, 0.4) is 0 Å². The summed E-state index contributed by atoms with van der Waals surface area (Å²) < 4.78 is 8.14. The van der Waals surface area contributed by atoms with Crippen molar-refractivity contribution in [2.24, 2.45) is 5.41 Å². The van der Waals surface area contributed by atoms with Crippen molar-refractivity contribution < 1.29 is 14.6 Å². The molecule has 0 bridgehead atoms. The fraction of sp³-hybridized carbons (Fsp3) is 0.500. The van der Waals surface area contributed by atoms with Gasteiger partial charge in [-0.2, -0.15) is 0 Å². The van der Waals surface area contributed by atoms with E-state index < -0.39 is 17.1 Å². The van der Waals surface area contributed by atoms with Gasteiger partial charge < -0.3 is 14.4 Å². The first kappa shape index (κ1) is 23.2. The van der Waals surface area contributed by atoms with Crippen molar-refractivity contribution in [3.05, 3.63) is 54.0 Å². The third-order valence-corrected chi connectivity index (χ3v) is 7.42. The lowest BCUT2D eigenvalue weighted by Crippen LogP contribution is -2.45. The average Bonchev–Trinajstić information content (AvgIpc) is 3.38. The number of carbonyl (C=O) groups excluding carboxylic acids is 1. The van der Waals surface area contributed by atoms with Crippen LogP contribution >= 0.6 is 0 Å². The van der Waals surface area contributed by atoms with E-state index in [1.807, 2.05) is 32.3 Å². The number of aromatic nitrogens is 4. The van der Waals surface area contributed by atoms with Crippen molar-refractivity contribution in [1.29, 1.82) is 0 Å². The predicted molar refractivity (Wildman–Crippen MR) is 131 cm³/mol. The third kappa shape index (κ3) is 4.23. The molecular weight excluding hydrogens is 444 g/mol. The molecule has 1 amide bonds. The molecule has 182 valence electrons. The maximum Gasteiger partial charge on any atom is 0.416 e. The van der Waals surface area contributed by atoms with Crippen molar-refractivity contribution in [3.8, 4) is 0 Å². The normalized spacial score (nSPS) is 24.7. The van der Waals surface area contributed by atoms with E-state index in [0.29, 0.717) is 23.7 Å². The molecule has 2 atom stereocenters. The SMILES string of the molecule is [C-]#[N+]c1ccc2ncn(C[C@@]3(C)CCC[C@]4(CN(c5cnc(C(C)(C)CO)cn5)C(=O)O4)C3)c2c1. The van der Waals surface area contributed by atoms with Crippen molar-refractivity contribution >= 4 is 28.6 Å². The van der Waals surface area contributed by atoms with Crippen LogP contribution in [0.5, 0.6) is 0 Å². The number of anilines is 1. The first-order chi connectivity index (χ1) is 16.7. The summed E-state index contributed by atoms with van der Waals surface area (Å²) >= 11 is 0. The Morgan fingerprint density at radius 2 is 2.06 bits per heavy atom. The van der Waals surface area contributed by atoms with Crippen LogP contribution < -0.4 is 4.90 Å². The molecule has 0 radical (unpaired) electrons. The van der Waals surface area contributed by atoms with E-state index >= 15 is 0 Å². The summed E-state index contributed by atoms with van der Waals surface area (Å²) in [6.45, 7) is 14.5. The second-order valence-corrected chi connectivity index (χ2v) is 10.9. The first-order valence-corrected chi connectivity index (χ1v) is 11.9. The highest BCUT2D eigenvalue weighted by molar-refractivity contribution is 5.89. The van der Waals surface area contributed by atoms with Crippen molar-refractivity contribution in [2.75, 3.05) is 18.1 Å². The topological polar surface area (TPSA) is 97.7 Å². The van der Waals surface area contributed by atoms with E-state index in [9.17, 15) is 9.90 Å². The van der Waals surface area contributed by atoms with Gasteiger partial charge in [0.25, 0.3) is 0 Å². The summed E-state index contributed by atoms with van der Waals surface area (Å²) in [5.74, 6) is 0.462. The lowest BCUT2D eigenvalue weighted by Gasteiger charge is -2.43. The zero-order chi connectivity index (χ0) is 24.8. The number of hydrogen-bond acceptors (Lipinski definition) is 6. The monoisotopic (exact) mass is 474 g/mol. The molecular formula is C26H30N6O3. The van der Waals surface area contributed by atoms with Gasteiger partial charge in [-0.05, 0) is 43.2 Å². The quantitative estimate of drug-likeness (QED) is 0.542. The number of hydrogen-bond donors (Lipinski definition) is 1. The minimum Gasteiger partial charge on any atom is -0.441 e. The molecule has 3 aromatic rings. The van der Waals surface area contributed by atoms with E-state index in [2.05, 4.69) is 31.3 Å². The maximum absolute atomic E-state index is 12.9. The van der Waals surface area contributed by atoms with Crippen LogP contribution in [-0.4, -0.2) is 49.5 Å². The van der Waals surface area contributed by atoms with Crippen molar-refractivity contribution in [3.63, 3.8) is 0 Å². The van der Waals surface area contributed by atoms with Crippen LogP contribution in [0.25, 0.3) is 15.9 Å². The molecule has 2 fully saturated rings. The molecule has 1 spiro atoms. The standard InChI is InChI=1S/C26H30N6O3/c1-24(2,16-33)21-11-29-22(12-28-21)32-15-26(35-23(32)34)9-5-8-25(3,13-26)14-31-17-30-19-7-6-18(27-4)10-20(19)31/h6-7,10-12,17,33H,5,8-9,13-16H2,1-3H3/t25-,26+/m0/s1. The number of nitrogens with zero attached hydrogens (tertiary/aromatic N) is 6. The summed E-state index contributed by atoms with van der Waals surface area (Å²) in [5, 5.41) is 9.59. The lowest BCUT2D eigenvalue weighted by atomic mass is 9.68. The largest absolute Gasteiger partial charge is 0.441 e. The fourth-order valence-electron chi connectivity index (χ4n) is 5.49. The molecule has 1 aliphatic carbocycles. The van der Waals surface area contributed by atoms with Gasteiger partial charge in [0.1, 0.15) is 5.60 Å². The zero-order valence-electron chi connectivity index (χ0n) is 20.4. The van der Waals surface area contributed by atoms with Crippen LogP contribution in [0.15, 0.2) is 36.9 Å². The third-order valence-electron chi connectivity index (χ3n) is 7.42. The Balaban J connectivity index is 1.36. The highest BCUT2D eigenvalue weighted by atomic mass is 16.6. The lowest BCUT2D eigenvalue weighted by molar-refractivity contribution is -0.0264. The van der Waals surface area contributed by atoms with Crippen molar-refractivity contribution in [2.45, 2.75) is 64.0 Å². The zero-order valence-corrected chi connectivity index (χ0v) is 20.4. The molecule has 1 N–H and O–H groups in total. The number of imidazole rings is 1.